The molecule has 0 aliphatic rings. The van der Waals surface area contributed by atoms with Crippen LogP contribution in [0.25, 0.3) is 6.08 Å². The Kier molecular flexibility index (Phi) is 9.34. The number of benzene rings is 3. The van der Waals surface area contributed by atoms with Gasteiger partial charge in [0.1, 0.15) is 5.75 Å². The second kappa shape index (κ2) is 12.6. The van der Waals surface area contributed by atoms with Gasteiger partial charge in [-0.15, -0.1) is 0 Å². The maximum absolute atomic E-state index is 12.6. The van der Waals surface area contributed by atoms with Crippen LogP contribution < -0.4 is 26.2 Å². The standard InChI is InChI=1S/C29H30N4O4S/c1-29(2,3)22-14-9-20(10-15-22)26(35)30-23-16-11-21(12-17-23)27(36)32-33-28(38)31-25(34)18-13-19-7-5-6-8-24(19)37-4/h5-18H,1-4H3,(H,30,35)(H,32,36)(H2,31,33,34,38). The Labute approximate surface area is 227 Å². The molecule has 0 bridgehead atoms. The van der Waals surface area contributed by atoms with Gasteiger partial charge in [-0.3, -0.25) is 30.6 Å². The van der Waals surface area contributed by atoms with Gasteiger partial charge in [-0.05, 0) is 71.7 Å². The molecule has 3 amide bonds. The highest BCUT2D eigenvalue weighted by Crippen LogP contribution is 2.22. The Morgan fingerprint density at radius 1 is 0.816 bits per heavy atom. The van der Waals surface area contributed by atoms with Crippen molar-refractivity contribution in [1.82, 2.24) is 16.2 Å². The molecular formula is C29H30N4O4S. The van der Waals surface area contributed by atoms with Crippen molar-refractivity contribution >= 4 is 46.8 Å². The molecule has 0 fully saturated rings. The van der Waals surface area contributed by atoms with Crippen LogP contribution in [0.5, 0.6) is 5.75 Å². The Morgan fingerprint density at radius 2 is 1.42 bits per heavy atom. The molecule has 0 atom stereocenters. The van der Waals surface area contributed by atoms with Crippen molar-refractivity contribution in [2.45, 2.75) is 26.2 Å². The van der Waals surface area contributed by atoms with Gasteiger partial charge in [0.25, 0.3) is 11.8 Å². The third-order valence-electron chi connectivity index (χ3n) is 5.50. The molecule has 9 heteroatoms. The highest BCUT2D eigenvalue weighted by atomic mass is 32.1. The number of thiocarbonyl (C=S) groups is 1. The second-order valence-electron chi connectivity index (χ2n) is 9.33. The summed E-state index contributed by atoms with van der Waals surface area (Å²) in [6.45, 7) is 6.34. The number of hydrogen-bond acceptors (Lipinski definition) is 5. The summed E-state index contributed by atoms with van der Waals surface area (Å²) in [6, 6.07) is 21.1. The predicted molar refractivity (Wildman–Crippen MR) is 153 cm³/mol. The van der Waals surface area contributed by atoms with Crippen molar-refractivity contribution in [2.24, 2.45) is 0 Å². The zero-order chi connectivity index (χ0) is 27.7. The van der Waals surface area contributed by atoms with E-state index in [1.54, 1.807) is 61.7 Å². The van der Waals surface area contributed by atoms with Crippen molar-refractivity contribution < 1.29 is 19.1 Å². The molecule has 196 valence electrons. The Morgan fingerprint density at radius 3 is 2.05 bits per heavy atom. The summed E-state index contributed by atoms with van der Waals surface area (Å²) in [5.74, 6) is -0.562. The van der Waals surface area contributed by atoms with E-state index in [1.807, 2.05) is 24.3 Å². The summed E-state index contributed by atoms with van der Waals surface area (Å²) in [5, 5.41) is 5.19. The summed E-state index contributed by atoms with van der Waals surface area (Å²) in [4.78, 5) is 37.1. The maximum atomic E-state index is 12.6. The lowest BCUT2D eigenvalue weighted by Gasteiger charge is -2.19. The fraction of sp³-hybridized carbons (Fsp3) is 0.172. The highest BCUT2D eigenvalue weighted by Gasteiger charge is 2.14. The van der Waals surface area contributed by atoms with E-state index in [4.69, 9.17) is 17.0 Å². The van der Waals surface area contributed by atoms with Crippen LogP contribution in [-0.2, 0) is 10.2 Å². The lowest BCUT2D eigenvalue weighted by Crippen LogP contribution is -2.48. The number of hydrogen-bond donors (Lipinski definition) is 4. The molecule has 0 unspecified atom stereocenters. The van der Waals surface area contributed by atoms with E-state index in [9.17, 15) is 14.4 Å². The molecule has 0 heterocycles. The molecule has 4 N–H and O–H groups in total. The minimum Gasteiger partial charge on any atom is -0.496 e. The van der Waals surface area contributed by atoms with Crippen LogP contribution in [0.2, 0.25) is 0 Å². The van der Waals surface area contributed by atoms with Gasteiger partial charge in [-0.2, -0.15) is 0 Å². The minimum absolute atomic E-state index is 0.00363. The van der Waals surface area contributed by atoms with Crippen LogP contribution in [0.1, 0.15) is 52.6 Å². The van der Waals surface area contributed by atoms with Crippen LogP contribution >= 0.6 is 12.2 Å². The smallest absolute Gasteiger partial charge is 0.269 e. The van der Waals surface area contributed by atoms with Crippen LogP contribution in [0, 0.1) is 0 Å². The molecular weight excluding hydrogens is 500 g/mol. The topological polar surface area (TPSA) is 109 Å². The van der Waals surface area contributed by atoms with Gasteiger partial charge in [-0.25, -0.2) is 0 Å². The first kappa shape index (κ1) is 28.1. The van der Waals surface area contributed by atoms with Crippen molar-refractivity contribution in [3.8, 4) is 5.75 Å². The van der Waals surface area contributed by atoms with Crippen LogP contribution in [0.15, 0.2) is 78.9 Å². The second-order valence-corrected chi connectivity index (χ2v) is 9.74. The molecule has 8 nitrogen and oxygen atoms in total. The molecule has 0 saturated heterocycles. The molecule has 0 spiro atoms. The lowest BCUT2D eigenvalue weighted by molar-refractivity contribution is -0.115. The molecule has 0 radical (unpaired) electrons. The van der Waals surface area contributed by atoms with Gasteiger partial charge in [-0.1, -0.05) is 51.1 Å². The number of nitrogens with one attached hydrogen (secondary N) is 4. The fourth-order valence-electron chi connectivity index (χ4n) is 3.37. The van der Waals surface area contributed by atoms with Crippen LogP contribution in [-0.4, -0.2) is 29.9 Å². The van der Waals surface area contributed by atoms with Gasteiger partial charge >= 0.3 is 0 Å². The fourth-order valence-corrected chi connectivity index (χ4v) is 3.52. The number of para-hydroxylation sites is 1. The molecule has 0 saturated carbocycles. The first-order valence-electron chi connectivity index (χ1n) is 11.8. The number of methoxy groups -OCH3 is 1. The summed E-state index contributed by atoms with van der Waals surface area (Å²) in [5.41, 5.74) is 8.20. The van der Waals surface area contributed by atoms with E-state index in [1.165, 1.54) is 6.08 Å². The van der Waals surface area contributed by atoms with E-state index in [0.29, 0.717) is 22.6 Å². The summed E-state index contributed by atoms with van der Waals surface area (Å²) < 4.78 is 5.24. The molecule has 0 aliphatic heterocycles. The SMILES string of the molecule is COc1ccccc1C=CC(=O)NC(=S)NNC(=O)c1ccc(NC(=O)c2ccc(C(C)(C)C)cc2)cc1. The molecule has 3 rings (SSSR count). The molecule has 0 aromatic heterocycles. The Bertz CT molecular complexity index is 1340. The third-order valence-corrected chi connectivity index (χ3v) is 5.70. The van der Waals surface area contributed by atoms with Gasteiger partial charge < -0.3 is 10.1 Å². The molecule has 3 aromatic carbocycles. The largest absolute Gasteiger partial charge is 0.496 e. The summed E-state index contributed by atoms with van der Waals surface area (Å²) in [7, 11) is 1.55. The van der Waals surface area contributed by atoms with E-state index < -0.39 is 11.8 Å². The lowest BCUT2D eigenvalue weighted by atomic mass is 9.87. The van der Waals surface area contributed by atoms with Crippen LogP contribution in [0.3, 0.4) is 0 Å². The van der Waals surface area contributed by atoms with E-state index in [2.05, 4.69) is 42.3 Å². The average molecular weight is 531 g/mol. The highest BCUT2D eigenvalue weighted by molar-refractivity contribution is 7.80. The van der Waals surface area contributed by atoms with Gasteiger partial charge in [0, 0.05) is 28.5 Å². The first-order valence-corrected chi connectivity index (χ1v) is 12.2. The van der Waals surface area contributed by atoms with Crippen LogP contribution in [0.4, 0.5) is 5.69 Å². The molecule has 3 aromatic rings. The van der Waals surface area contributed by atoms with Crippen molar-refractivity contribution in [3.05, 3.63) is 101 Å². The zero-order valence-corrected chi connectivity index (χ0v) is 22.4. The zero-order valence-electron chi connectivity index (χ0n) is 21.6. The quantitative estimate of drug-likeness (QED) is 0.211. The van der Waals surface area contributed by atoms with Crippen molar-refractivity contribution in [2.75, 3.05) is 12.4 Å². The van der Waals surface area contributed by atoms with Crippen molar-refractivity contribution in [3.63, 3.8) is 0 Å². The molecule has 0 aliphatic carbocycles. The third kappa shape index (κ3) is 8.01. The number of hydrazine groups is 1. The number of ether oxygens (including phenoxy) is 1. The van der Waals surface area contributed by atoms with E-state index in [0.717, 1.165) is 11.1 Å². The number of carbonyl (C=O) groups excluding carboxylic acids is 3. The first-order chi connectivity index (χ1) is 18.1. The molecule has 38 heavy (non-hydrogen) atoms. The van der Waals surface area contributed by atoms with Gasteiger partial charge in [0.05, 0.1) is 7.11 Å². The average Bonchev–Trinajstić information content (AvgIpc) is 2.90. The predicted octanol–water partition coefficient (Wildman–Crippen LogP) is 4.59. The Balaban J connectivity index is 1.47. The number of amides is 3. The number of rotatable bonds is 6. The van der Waals surface area contributed by atoms with E-state index in [-0.39, 0.29) is 16.4 Å². The monoisotopic (exact) mass is 530 g/mol. The van der Waals surface area contributed by atoms with Gasteiger partial charge in [0.2, 0.25) is 5.91 Å². The Hall–Kier alpha value is -4.50. The van der Waals surface area contributed by atoms with E-state index >= 15 is 0 Å². The number of anilines is 1. The van der Waals surface area contributed by atoms with Gasteiger partial charge in [0.15, 0.2) is 5.11 Å². The maximum Gasteiger partial charge on any atom is 0.269 e. The summed E-state index contributed by atoms with van der Waals surface area (Å²) in [6.07, 6.45) is 2.90. The van der Waals surface area contributed by atoms with Crippen molar-refractivity contribution in [1.29, 1.82) is 0 Å². The minimum atomic E-state index is -0.476. The number of carbonyl (C=O) groups is 3. The summed E-state index contributed by atoms with van der Waals surface area (Å²) >= 11 is 5.06. The normalized spacial score (nSPS) is 10.9.